The number of H-pyrrole nitrogens is 1. The zero-order valence-corrected chi connectivity index (χ0v) is 12.3. The number of carbonyl (C=O) groups excluding carboxylic acids is 1. The van der Waals surface area contributed by atoms with Gasteiger partial charge in [0.25, 0.3) is 0 Å². The minimum Gasteiger partial charge on any atom is -0.466 e. The summed E-state index contributed by atoms with van der Waals surface area (Å²) in [5.41, 5.74) is 1.21. The Bertz CT molecular complexity index is 384. The predicted octanol–water partition coefficient (Wildman–Crippen LogP) is 2.01. The molecule has 1 N–H and O–H groups in total. The van der Waals surface area contributed by atoms with Crippen molar-refractivity contribution in [2.75, 3.05) is 26.2 Å². The van der Waals surface area contributed by atoms with Crippen LogP contribution < -0.4 is 0 Å². The first-order chi connectivity index (χ1) is 9.79. The highest BCUT2D eigenvalue weighted by atomic mass is 16.5. The molecule has 1 aromatic heterocycles. The molecule has 5 nitrogen and oxygen atoms in total. The van der Waals surface area contributed by atoms with E-state index in [4.69, 9.17) is 4.74 Å². The maximum atomic E-state index is 11.6. The van der Waals surface area contributed by atoms with Crippen LogP contribution in [-0.4, -0.2) is 47.1 Å². The highest BCUT2D eigenvalue weighted by Gasteiger charge is 2.25. The Kier molecular flexibility index (Phi) is 6.05. The third-order valence-corrected chi connectivity index (χ3v) is 3.93. The number of hydrogen-bond acceptors (Lipinski definition) is 4. The molecule has 1 saturated heterocycles. The third-order valence-electron chi connectivity index (χ3n) is 3.93. The summed E-state index contributed by atoms with van der Waals surface area (Å²) in [6.45, 7) is 5.53. The molecule has 0 radical (unpaired) electrons. The molecule has 2 heterocycles. The standard InChI is InChI=1S/C15H25N3O2/c1-2-20-15(19)13-6-9-18(10-7-13)8-4-3-5-14-11-16-12-17-14/h11-13H,2-10H2,1H3,(H,16,17). The van der Waals surface area contributed by atoms with E-state index in [-0.39, 0.29) is 11.9 Å². The lowest BCUT2D eigenvalue weighted by Crippen LogP contribution is -2.37. The Balaban J connectivity index is 1.56. The Morgan fingerprint density at radius 2 is 2.25 bits per heavy atom. The van der Waals surface area contributed by atoms with Crippen LogP contribution in [0.4, 0.5) is 0 Å². The van der Waals surface area contributed by atoms with Crippen LogP contribution in [0, 0.1) is 5.92 Å². The minimum atomic E-state index is -0.00797. The highest BCUT2D eigenvalue weighted by Crippen LogP contribution is 2.19. The average Bonchev–Trinajstić information content (AvgIpc) is 2.98. The van der Waals surface area contributed by atoms with E-state index >= 15 is 0 Å². The molecule has 0 bridgehead atoms. The van der Waals surface area contributed by atoms with Gasteiger partial charge in [-0.2, -0.15) is 0 Å². The number of likely N-dealkylation sites (tertiary alicyclic amines) is 1. The van der Waals surface area contributed by atoms with E-state index in [1.165, 1.54) is 18.5 Å². The van der Waals surface area contributed by atoms with Gasteiger partial charge < -0.3 is 14.6 Å². The number of rotatable bonds is 7. The SMILES string of the molecule is CCOC(=O)C1CCN(CCCCc2cnc[nH]2)CC1. The number of ether oxygens (including phenoxy) is 1. The Morgan fingerprint density at radius 1 is 1.45 bits per heavy atom. The molecule has 1 aromatic rings. The zero-order valence-electron chi connectivity index (χ0n) is 12.3. The molecule has 0 atom stereocenters. The van der Waals surface area contributed by atoms with Gasteiger partial charge in [0.1, 0.15) is 0 Å². The fourth-order valence-corrected chi connectivity index (χ4v) is 2.72. The summed E-state index contributed by atoms with van der Waals surface area (Å²) >= 11 is 0. The number of hydrogen-bond donors (Lipinski definition) is 1. The van der Waals surface area contributed by atoms with Crippen molar-refractivity contribution in [1.82, 2.24) is 14.9 Å². The molecule has 0 spiro atoms. The Hall–Kier alpha value is -1.36. The number of aromatic amines is 1. The van der Waals surface area contributed by atoms with Crippen molar-refractivity contribution in [3.05, 3.63) is 18.2 Å². The number of aromatic nitrogens is 2. The number of nitrogens with one attached hydrogen (secondary N) is 1. The number of aryl methyl sites for hydroxylation is 1. The van der Waals surface area contributed by atoms with Crippen LogP contribution in [0.25, 0.3) is 0 Å². The second-order valence-corrected chi connectivity index (χ2v) is 5.40. The summed E-state index contributed by atoms with van der Waals surface area (Å²) in [4.78, 5) is 21.3. The molecule has 5 heteroatoms. The van der Waals surface area contributed by atoms with Gasteiger partial charge in [0.2, 0.25) is 0 Å². The fourth-order valence-electron chi connectivity index (χ4n) is 2.72. The van der Waals surface area contributed by atoms with Crippen molar-refractivity contribution in [1.29, 1.82) is 0 Å². The van der Waals surface area contributed by atoms with Gasteiger partial charge in [0.15, 0.2) is 0 Å². The average molecular weight is 279 g/mol. The van der Waals surface area contributed by atoms with E-state index in [0.29, 0.717) is 6.61 Å². The predicted molar refractivity (Wildman–Crippen MR) is 77.3 cm³/mol. The maximum Gasteiger partial charge on any atom is 0.309 e. The molecule has 0 unspecified atom stereocenters. The van der Waals surface area contributed by atoms with Crippen LogP contribution in [0.2, 0.25) is 0 Å². The topological polar surface area (TPSA) is 58.2 Å². The van der Waals surface area contributed by atoms with Gasteiger partial charge in [-0.3, -0.25) is 4.79 Å². The first-order valence-electron chi connectivity index (χ1n) is 7.66. The normalized spacial score (nSPS) is 17.2. The highest BCUT2D eigenvalue weighted by molar-refractivity contribution is 5.72. The van der Waals surface area contributed by atoms with E-state index in [2.05, 4.69) is 14.9 Å². The molecule has 0 amide bonds. The molecular weight excluding hydrogens is 254 g/mol. The van der Waals surface area contributed by atoms with Gasteiger partial charge in [-0.25, -0.2) is 4.98 Å². The lowest BCUT2D eigenvalue weighted by atomic mass is 9.97. The number of carbonyl (C=O) groups is 1. The van der Waals surface area contributed by atoms with Gasteiger partial charge in [0, 0.05) is 11.9 Å². The number of esters is 1. The Labute approximate surface area is 120 Å². The minimum absolute atomic E-state index is 0.00797. The molecule has 20 heavy (non-hydrogen) atoms. The number of imidazole rings is 1. The van der Waals surface area contributed by atoms with Crippen LogP contribution in [0.15, 0.2) is 12.5 Å². The second-order valence-electron chi connectivity index (χ2n) is 5.40. The van der Waals surface area contributed by atoms with E-state index < -0.39 is 0 Å². The first-order valence-corrected chi connectivity index (χ1v) is 7.66. The summed E-state index contributed by atoms with van der Waals surface area (Å²) in [5.74, 6) is 0.114. The monoisotopic (exact) mass is 279 g/mol. The molecule has 2 rings (SSSR count). The van der Waals surface area contributed by atoms with Gasteiger partial charge in [-0.05, 0) is 58.7 Å². The summed E-state index contributed by atoms with van der Waals surface area (Å²) < 4.78 is 5.09. The van der Waals surface area contributed by atoms with E-state index in [1.807, 2.05) is 13.1 Å². The number of piperidine rings is 1. The second kappa shape index (κ2) is 8.04. The lowest BCUT2D eigenvalue weighted by molar-refractivity contribution is -0.149. The quantitative estimate of drug-likeness (QED) is 0.613. The smallest absolute Gasteiger partial charge is 0.309 e. The molecule has 0 saturated carbocycles. The molecule has 1 aliphatic rings. The molecule has 0 aromatic carbocycles. The van der Waals surface area contributed by atoms with Crippen molar-refractivity contribution in [3.8, 4) is 0 Å². The molecular formula is C15H25N3O2. The van der Waals surface area contributed by atoms with Crippen molar-refractivity contribution in [3.63, 3.8) is 0 Å². The maximum absolute atomic E-state index is 11.6. The van der Waals surface area contributed by atoms with Crippen molar-refractivity contribution >= 4 is 5.97 Å². The Morgan fingerprint density at radius 3 is 2.90 bits per heavy atom. The van der Waals surface area contributed by atoms with Crippen LogP contribution in [0.3, 0.4) is 0 Å². The summed E-state index contributed by atoms with van der Waals surface area (Å²) in [5, 5.41) is 0. The fraction of sp³-hybridized carbons (Fsp3) is 0.733. The zero-order chi connectivity index (χ0) is 14.2. The number of nitrogens with zero attached hydrogens (tertiary/aromatic N) is 2. The first kappa shape index (κ1) is 15.0. The lowest BCUT2D eigenvalue weighted by Gasteiger charge is -2.30. The van der Waals surface area contributed by atoms with Crippen LogP contribution in [0.5, 0.6) is 0 Å². The van der Waals surface area contributed by atoms with Crippen molar-refractivity contribution < 1.29 is 9.53 Å². The molecule has 112 valence electrons. The molecule has 1 aliphatic heterocycles. The van der Waals surface area contributed by atoms with Crippen LogP contribution in [0.1, 0.15) is 38.3 Å². The van der Waals surface area contributed by atoms with Gasteiger partial charge >= 0.3 is 5.97 Å². The third kappa shape index (κ3) is 4.63. The van der Waals surface area contributed by atoms with Crippen LogP contribution >= 0.6 is 0 Å². The number of unbranched alkanes of at least 4 members (excludes halogenated alkanes) is 1. The van der Waals surface area contributed by atoms with E-state index in [9.17, 15) is 4.79 Å². The largest absolute Gasteiger partial charge is 0.466 e. The van der Waals surface area contributed by atoms with Gasteiger partial charge in [-0.1, -0.05) is 0 Å². The molecule has 0 aliphatic carbocycles. The van der Waals surface area contributed by atoms with Crippen molar-refractivity contribution in [2.24, 2.45) is 5.92 Å². The van der Waals surface area contributed by atoms with E-state index in [0.717, 1.165) is 38.9 Å². The molecule has 1 fully saturated rings. The summed E-state index contributed by atoms with van der Waals surface area (Å²) in [6, 6.07) is 0. The van der Waals surface area contributed by atoms with Crippen LogP contribution in [-0.2, 0) is 16.0 Å². The summed E-state index contributed by atoms with van der Waals surface area (Å²) in [7, 11) is 0. The van der Waals surface area contributed by atoms with Gasteiger partial charge in [0.05, 0.1) is 18.9 Å². The van der Waals surface area contributed by atoms with Gasteiger partial charge in [-0.15, -0.1) is 0 Å². The summed E-state index contributed by atoms with van der Waals surface area (Å²) in [6.07, 6.45) is 8.96. The van der Waals surface area contributed by atoms with E-state index in [1.54, 1.807) is 6.33 Å². The van der Waals surface area contributed by atoms with Crippen molar-refractivity contribution in [2.45, 2.75) is 39.0 Å².